The molecule has 0 fully saturated rings. The number of unbranched alkanes of at least 4 members (excludes halogenated alkanes) is 1. The number of aromatic amines is 1. The first-order valence-electron chi connectivity index (χ1n) is 8.94. The molecule has 1 amide bonds. The third kappa shape index (κ3) is 5.34. The Morgan fingerprint density at radius 3 is 2.70 bits per heavy atom. The van der Waals surface area contributed by atoms with Gasteiger partial charge in [-0.25, -0.2) is 4.98 Å². The number of thioether (sulfide) groups is 1. The van der Waals surface area contributed by atoms with Crippen molar-refractivity contribution in [2.75, 3.05) is 16.8 Å². The average Bonchev–Trinajstić information content (AvgIpc) is 3.15. The van der Waals surface area contributed by atoms with Crippen LogP contribution in [0.5, 0.6) is 0 Å². The summed E-state index contributed by atoms with van der Waals surface area (Å²) in [6, 6.07) is 15.4. The molecule has 0 saturated heterocycles. The Morgan fingerprint density at radius 2 is 1.96 bits per heavy atom. The molecular formula is C20H23N5OS. The predicted octanol–water partition coefficient (Wildman–Crippen LogP) is 4.13. The van der Waals surface area contributed by atoms with Crippen LogP contribution in [0.25, 0.3) is 11.4 Å². The van der Waals surface area contributed by atoms with Gasteiger partial charge in [0.25, 0.3) is 0 Å². The Morgan fingerprint density at radius 1 is 1.19 bits per heavy atom. The van der Waals surface area contributed by atoms with E-state index in [2.05, 4.69) is 39.6 Å². The van der Waals surface area contributed by atoms with Gasteiger partial charge >= 0.3 is 0 Å². The summed E-state index contributed by atoms with van der Waals surface area (Å²) < 4.78 is 0. The molecule has 0 bridgehead atoms. The fourth-order valence-corrected chi connectivity index (χ4v) is 3.21. The SMILES string of the molecule is CCCCc1ccc(NC(=O)CSc2n[nH]c(-c3ccccc3N)n2)cc1. The minimum Gasteiger partial charge on any atom is -0.398 e. The number of nitrogen functional groups attached to an aromatic ring is 1. The van der Waals surface area contributed by atoms with Crippen molar-refractivity contribution in [1.82, 2.24) is 15.2 Å². The average molecular weight is 382 g/mol. The first kappa shape index (κ1) is 19.0. The van der Waals surface area contributed by atoms with Crippen molar-refractivity contribution >= 4 is 29.0 Å². The summed E-state index contributed by atoms with van der Waals surface area (Å²) in [6.45, 7) is 2.18. The number of amides is 1. The zero-order valence-corrected chi connectivity index (χ0v) is 16.1. The lowest BCUT2D eigenvalue weighted by Gasteiger charge is -2.05. The highest BCUT2D eigenvalue weighted by molar-refractivity contribution is 7.99. The number of aryl methyl sites for hydroxylation is 1. The van der Waals surface area contributed by atoms with Crippen molar-refractivity contribution in [2.45, 2.75) is 31.3 Å². The molecule has 1 heterocycles. The number of carbonyl (C=O) groups excluding carboxylic acids is 1. The zero-order valence-electron chi connectivity index (χ0n) is 15.2. The van der Waals surface area contributed by atoms with Gasteiger partial charge in [-0.3, -0.25) is 9.89 Å². The zero-order chi connectivity index (χ0) is 19.1. The number of benzene rings is 2. The van der Waals surface area contributed by atoms with Gasteiger partial charge < -0.3 is 11.1 Å². The molecular weight excluding hydrogens is 358 g/mol. The van der Waals surface area contributed by atoms with E-state index in [4.69, 9.17) is 5.73 Å². The molecule has 7 heteroatoms. The van der Waals surface area contributed by atoms with E-state index in [0.717, 1.165) is 17.7 Å². The molecule has 0 radical (unpaired) electrons. The van der Waals surface area contributed by atoms with Crippen LogP contribution < -0.4 is 11.1 Å². The molecule has 6 nitrogen and oxygen atoms in total. The van der Waals surface area contributed by atoms with Gasteiger partial charge in [0.2, 0.25) is 11.1 Å². The van der Waals surface area contributed by atoms with Gasteiger partial charge in [-0.1, -0.05) is 49.4 Å². The normalized spacial score (nSPS) is 10.7. The van der Waals surface area contributed by atoms with Crippen molar-refractivity contribution in [3.05, 3.63) is 54.1 Å². The van der Waals surface area contributed by atoms with Gasteiger partial charge in [0.05, 0.1) is 5.75 Å². The number of rotatable bonds is 8. The van der Waals surface area contributed by atoms with E-state index in [0.29, 0.717) is 16.7 Å². The summed E-state index contributed by atoms with van der Waals surface area (Å²) in [5, 5.41) is 10.4. The van der Waals surface area contributed by atoms with Crippen LogP contribution in [-0.4, -0.2) is 26.8 Å². The third-order valence-electron chi connectivity index (χ3n) is 4.07. The van der Waals surface area contributed by atoms with Crippen LogP contribution in [0.4, 0.5) is 11.4 Å². The summed E-state index contributed by atoms with van der Waals surface area (Å²) in [7, 11) is 0. The Bertz CT molecular complexity index is 891. The van der Waals surface area contributed by atoms with E-state index in [1.165, 1.54) is 30.2 Å². The standard InChI is InChI=1S/C20H23N5OS/c1-2-3-6-14-9-11-15(12-10-14)22-18(26)13-27-20-23-19(24-25-20)16-7-4-5-8-17(16)21/h4-5,7-12H,2-3,6,13,21H2,1H3,(H,22,26)(H,23,24,25). The topological polar surface area (TPSA) is 96.7 Å². The van der Waals surface area contributed by atoms with Gasteiger partial charge in [-0.15, -0.1) is 5.10 Å². The Labute approximate surface area is 163 Å². The van der Waals surface area contributed by atoms with Crippen molar-refractivity contribution in [2.24, 2.45) is 0 Å². The minimum atomic E-state index is -0.0908. The number of anilines is 2. The molecule has 0 atom stereocenters. The molecule has 0 saturated carbocycles. The van der Waals surface area contributed by atoms with E-state index in [-0.39, 0.29) is 11.7 Å². The van der Waals surface area contributed by atoms with Gasteiger partial charge in [0, 0.05) is 16.9 Å². The first-order chi connectivity index (χ1) is 13.2. The summed E-state index contributed by atoms with van der Waals surface area (Å²) in [5.41, 5.74) is 9.46. The maximum absolute atomic E-state index is 12.2. The number of para-hydroxylation sites is 1. The van der Waals surface area contributed by atoms with Crippen LogP contribution in [0.3, 0.4) is 0 Å². The second-order valence-corrected chi connectivity index (χ2v) is 7.13. The second kappa shape index (κ2) is 9.23. The summed E-state index contributed by atoms with van der Waals surface area (Å²) in [5.74, 6) is 0.740. The number of hydrogen-bond donors (Lipinski definition) is 3. The molecule has 140 valence electrons. The Hall–Kier alpha value is -2.80. The highest BCUT2D eigenvalue weighted by atomic mass is 32.2. The molecule has 0 aliphatic rings. The fraction of sp³-hybridized carbons (Fsp3) is 0.250. The van der Waals surface area contributed by atoms with Crippen LogP contribution in [-0.2, 0) is 11.2 Å². The molecule has 0 aliphatic heterocycles. The van der Waals surface area contributed by atoms with Crippen LogP contribution in [0.15, 0.2) is 53.7 Å². The van der Waals surface area contributed by atoms with Gasteiger partial charge in [0.15, 0.2) is 5.82 Å². The number of carbonyl (C=O) groups is 1. The van der Waals surface area contributed by atoms with Gasteiger partial charge in [-0.05, 0) is 42.7 Å². The van der Waals surface area contributed by atoms with E-state index in [9.17, 15) is 4.79 Å². The second-order valence-electron chi connectivity index (χ2n) is 6.19. The highest BCUT2D eigenvalue weighted by Crippen LogP contribution is 2.24. The van der Waals surface area contributed by atoms with Crippen LogP contribution in [0.2, 0.25) is 0 Å². The summed E-state index contributed by atoms with van der Waals surface area (Å²) in [6.07, 6.45) is 3.42. The fourth-order valence-electron chi connectivity index (χ4n) is 2.61. The van der Waals surface area contributed by atoms with Crippen molar-refractivity contribution < 1.29 is 4.79 Å². The number of nitrogens with two attached hydrogens (primary N) is 1. The molecule has 0 aliphatic carbocycles. The maximum Gasteiger partial charge on any atom is 0.234 e. The van der Waals surface area contributed by atoms with E-state index in [1.54, 1.807) is 0 Å². The monoisotopic (exact) mass is 381 g/mol. The number of H-pyrrole nitrogens is 1. The van der Waals surface area contributed by atoms with Crippen molar-refractivity contribution in [3.8, 4) is 11.4 Å². The van der Waals surface area contributed by atoms with Crippen LogP contribution >= 0.6 is 11.8 Å². The van der Waals surface area contributed by atoms with Crippen LogP contribution in [0.1, 0.15) is 25.3 Å². The Balaban J connectivity index is 1.51. The van der Waals surface area contributed by atoms with E-state index in [1.807, 2.05) is 36.4 Å². The van der Waals surface area contributed by atoms with E-state index < -0.39 is 0 Å². The molecule has 1 aromatic heterocycles. The Kier molecular flexibility index (Phi) is 6.49. The third-order valence-corrected chi connectivity index (χ3v) is 4.92. The van der Waals surface area contributed by atoms with Gasteiger partial charge in [0.1, 0.15) is 0 Å². The summed E-state index contributed by atoms with van der Waals surface area (Å²) in [4.78, 5) is 16.6. The molecule has 3 aromatic rings. The molecule has 3 rings (SSSR count). The predicted molar refractivity (Wildman–Crippen MR) is 111 cm³/mol. The molecule has 27 heavy (non-hydrogen) atoms. The highest BCUT2D eigenvalue weighted by Gasteiger charge is 2.11. The summed E-state index contributed by atoms with van der Waals surface area (Å²) >= 11 is 1.28. The largest absolute Gasteiger partial charge is 0.398 e. The van der Waals surface area contributed by atoms with Crippen molar-refractivity contribution in [3.63, 3.8) is 0 Å². The van der Waals surface area contributed by atoms with Crippen LogP contribution in [0, 0.1) is 0 Å². The first-order valence-corrected chi connectivity index (χ1v) is 9.93. The molecule has 2 aromatic carbocycles. The lowest BCUT2D eigenvalue weighted by molar-refractivity contribution is -0.113. The minimum absolute atomic E-state index is 0.0908. The lowest BCUT2D eigenvalue weighted by Crippen LogP contribution is -2.14. The number of nitrogens with one attached hydrogen (secondary N) is 2. The molecule has 4 N–H and O–H groups in total. The molecule has 0 unspecified atom stereocenters. The quantitative estimate of drug-likeness (QED) is 0.403. The van der Waals surface area contributed by atoms with Crippen molar-refractivity contribution in [1.29, 1.82) is 0 Å². The molecule has 0 spiro atoms. The lowest BCUT2D eigenvalue weighted by atomic mass is 10.1. The number of nitrogens with zero attached hydrogens (tertiary/aromatic N) is 2. The smallest absolute Gasteiger partial charge is 0.234 e. The van der Waals surface area contributed by atoms with E-state index >= 15 is 0 Å². The number of aromatic nitrogens is 3. The maximum atomic E-state index is 12.2. The van der Waals surface area contributed by atoms with Gasteiger partial charge in [-0.2, -0.15) is 0 Å². The number of hydrogen-bond acceptors (Lipinski definition) is 5.